The Hall–Kier alpha value is -3.48. The molecule has 0 bridgehead atoms. The van der Waals surface area contributed by atoms with Crippen molar-refractivity contribution >= 4 is 22.3 Å². The van der Waals surface area contributed by atoms with E-state index in [-0.39, 0.29) is 30.4 Å². The normalized spacial score (nSPS) is 11.2. The maximum Gasteiger partial charge on any atom is 0.291 e. The van der Waals surface area contributed by atoms with Gasteiger partial charge in [0.05, 0.1) is 5.52 Å². The molecule has 0 unspecified atom stereocenters. The number of amides is 1. The Labute approximate surface area is 160 Å². The van der Waals surface area contributed by atoms with Crippen molar-refractivity contribution in [2.24, 2.45) is 0 Å². The van der Waals surface area contributed by atoms with Crippen LogP contribution in [0.3, 0.4) is 0 Å². The van der Waals surface area contributed by atoms with Crippen molar-refractivity contribution in [3.8, 4) is 0 Å². The topological polar surface area (TPSA) is 68.4 Å². The maximum absolute atomic E-state index is 12.9. The zero-order chi connectivity index (χ0) is 19.8. The van der Waals surface area contributed by atoms with Crippen LogP contribution in [0, 0.1) is 19.7 Å². The molecule has 0 saturated carbocycles. The Morgan fingerprint density at radius 1 is 1.07 bits per heavy atom. The number of nitrogens with one attached hydrogen (secondary N) is 1. The summed E-state index contributed by atoms with van der Waals surface area (Å²) in [5, 5.41) is 8.00. The minimum Gasteiger partial charge on any atom is -0.350 e. The minimum absolute atomic E-state index is 0.183. The van der Waals surface area contributed by atoms with Gasteiger partial charge in [-0.1, -0.05) is 23.8 Å². The Morgan fingerprint density at radius 2 is 1.82 bits per heavy atom. The van der Waals surface area contributed by atoms with Crippen molar-refractivity contribution in [1.82, 2.24) is 19.5 Å². The molecule has 0 aliphatic heterocycles. The molecule has 2 aromatic heterocycles. The van der Waals surface area contributed by atoms with E-state index < -0.39 is 0 Å². The number of hydrogen-bond donors (Lipinski definition) is 1. The molecular formula is C21H19FN4O2. The van der Waals surface area contributed by atoms with E-state index in [1.165, 1.54) is 16.8 Å². The number of carbonyl (C=O) groups excluding carboxylic acids is 1. The van der Waals surface area contributed by atoms with Crippen molar-refractivity contribution in [3.63, 3.8) is 0 Å². The van der Waals surface area contributed by atoms with Crippen molar-refractivity contribution in [2.45, 2.75) is 26.9 Å². The molecule has 0 aliphatic carbocycles. The van der Waals surface area contributed by atoms with E-state index in [0.717, 1.165) is 22.0 Å². The van der Waals surface area contributed by atoms with Gasteiger partial charge in [0.25, 0.3) is 5.56 Å². The molecule has 0 spiro atoms. The van der Waals surface area contributed by atoms with Gasteiger partial charge in [0.2, 0.25) is 5.91 Å². The number of halogens is 1. The highest BCUT2D eigenvalue weighted by Crippen LogP contribution is 2.20. The summed E-state index contributed by atoms with van der Waals surface area (Å²) in [7, 11) is 0. The fourth-order valence-corrected chi connectivity index (χ4v) is 3.34. The largest absolute Gasteiger partial charge is 0.350 e. The highest BCUT2D eigenvalue weighted by atomic mass is 19.1. The van der Waals surface area contributed by atoms with Crippen LogP contribution in [-0.2, 0) is 17.9 Å². The first-order chi connectivity index (χ1) is 13.4. The van der Waals surface area contributed by atoms with Gasteiger partial charge in [0.15, 0.2) is 0 Å². The summed E-state index contributed by atoms with van der Waals surface area (Å²) in [5.41, 5.74) is 2.95. The van der Waals surface area contributed by atoms with Gasteiger partial charge in [-0.3, -0.25) is 14.0 Å². The number of aryl methyl sites for hydroxylation is 2. The smallest absolute Gasteiger partial charge is 0.291 e. The van der Waals surface area contributed by atoms with Gasteiger partial charge in [-0.25, -0.2) is 9.07 Å². The summed E-state index contributed by atoms with van der Waals surface area (Å²) in [6, 6.07) is 13.7. The number of benzene rings is 2. The van der Waals surface area contributed by atoms with E-state index in [1.807, 2.05) is 35.6 Å². The quantitative estimate of drug-likeness (QED) is 0.594. The van der Waals surface area contributed by atoms with Gasteiger partial charge < -0.3 is 5.32 Å². The van der Waals surface area contributed by atoms with Crippen LogP contribution in [0.15, 0.2) is 53.3 Å². The van der Waals surface area contributed by atoms with E-state index >= 15 is 0 Å². The van der Waals surface area contributed by atoms with Crippen molar-refractivity contribution in [3.05, 3.63) is 81.7 Å². The van der Waals surface area contributed by atoms with Crippen LogP contribution in [0.2, 0.25) is 0 Å². The summed E-state index contributed by atoms with van der Waals surface area (Å²) in [6.45, 7) is 3.87. The van der Waals surface area contributed by atoms with Gasteiger partial charge in [0, 0.05) is 11.9 Å². The molecule has 7 heteroatoms. The Bertz CT molecular complexity index is 1260. The highest BCUT2D eigenvalue weighted by Gasteiger charge is 2.14. The third kappa shape index (κ3) is 3.26. The highest BCUT2D eigenvalue weighted by molar-refractivity contribution is 5.87. The van der Waals surface area contributed by atoms with Crippen LogP contribution >= 0.6 is 0 Å². The number of nitrogens with zero attached hydrogens (tertiary/aromatic N) is 3. The number of fused-ring (bicyclic) bond motifs is 3. The SMILES string of the molecule is Cc1ccc2c(c1)cc1c(=O)n(CC(=O)NCc3ccc(F)cc3)nc(C)n12. The molecule has 0 saturated heterocycles. The number of hydrogen-bond acceptors (Lipinski definition) is 3. The summed E-state index contributed by atoms with van der Waals surface area (Å²) in [6.07, 6.45) is 0. The average Bonchev–Trinajstić information content (AvgIpc) is 3.04. The first kappa shape index (κ1) is 17.9. The summed E-state index contributed by atoms with van der Waals surface area (Å²) in [5.74, 6) is -0.0428. The molecule has 2 heterocycles. The third-order valence-electron chi connectivity index (χ3n) is 4.70. The van der Waals surface area contributed by atoms with Crippen LogP contribution < -0.4 is 10.9 Å². The number of rotatable bonds is 4. The van der Waals surface area contributed by atoms with E-state index in [2.05, 4.69) is 10.4 Å². The Kier molecular flexibility index (Phi) is 4.43. The molecule has 4 rings (SSSR count). The van der Waals surface area contributed by atoms with Crippen LogP contribution in [0.1, 0.15) is 17.0 Å². The maximum atomic E-state index is 12.9. The lowest BCUT2D eigenvalue weighted by Crippen LogP contribution is -2.34. The van der Waals surface area contributed by atoms with E-state index in [4.69, 9.17) is 0 Å². The lowest BCUT2D eigenvalue weighted by molar-refractivity contribution is -0.122. The monoisotopic (exact) mass is 378 g/mol. The predicted octanol–water partition coefficient (Wildman–Crippen LogP) is 2.72. The summed E-state index contributed by atoms with van der Waals surface area (Å²) >= 11 is 0. The average molecular weight is 378 g/mol. The van der Waals surface area contributed by atoms with Gasteiger partial charge in [-0.05, 0) is 49.7 Å². The molecule has 0 radical (unpaired) electrons. The Balaban J connectivity index is 1.61. The number of carbonyl (C=O) groups is 1. The minimum atomic E-state index is -0.338. The van der Waals surface area contributed by atoms with Gasteiger partial charge >= 0.3 is 0 Å². The molecule has 1 amide bonds. The second-order valence-electron chi connectivity index (χ2n) is 6.84. The summed E-state index contributed by atoms with van der Waals surface area (Å²) in [4.78, 5) is 25.1. The fraction of sp³-hybridized carbons (Fsp3) is 0.190. The summed E-state index contributed by atoms with van der Waals surface area (Å²) < 4.78 is 15.9. The molecule has 0 fully saturated rings. The zero-order valence-electron chi connectivity index (χ0n) is 15.6. The van der Waals surface area contributed by atoms with Crippen molar-refractivity contribution in [1.29, 1.82) is 0 Å². The molecule has 142 valence electrons. The second kappa shape index (κ2) is 6.92. The number of aromatic nitrogens is 3. The van der Waals surface area contributed by atoms with Crippen molar-refractivity contribution < 1.29 is 9.18 Å². The lowest BCUT2D eigenvalue weighted by Gasteiger charge is -2.09. The first-order valence-corrected chi connectivity index (χ1v) is 8.93. The second-order valence-corrected chi connectivity index (χ2v) is 6.84. The fourth-order valence-electron chi connectivity index (χ4n) is 3.34. The first-order valence-electron chi connectivity index (χ1n) is 8.93. The molecule has 0 atom stereocenters. The Morgan fingerprint density at radius 3 is 2.57 bits per heavy atom. The zero-order valence-corrected chi connectivity index (χ0v) is 15.6. The molecule has 2 aromatic carbocycles. The molecular weight excluding hydrogens is 359 g/mol. The van der Waals surface area contributed by atoms with E-state index in [0.29, 0.717) is 11.3 Å². The third-order valence-corrected chi connectivity index (χ3v) is 4.70. The molecule has 4 aromatic rings. The molecule has 1 N–H and O–H groups in total. The standard InChI is InChI=1S/C21H19FN4O2/c1-13-3-8-18-16(9-13)10-19-21(28)25(24-14(2)26(18)19)12-20(27)23-11-15-4-6-17(22)7-5-15/h3-10H,11-12H2,1-2H3,(H,23,27). The predicted molar refractivity (Wildman–Crippen MR) is 105 cm³/mol. The van der Waals surface area contributed by atoms with Gasteiger partial charge in [0.1, 0.15) is 23.7 Å². The van der Waals surface area contributed by atoms with Gasteiger partial charge in [-0.15, -0.1) is 0 Å². The molecule has 6 nitrogen and oxygen atoms in total. The van der Waals surface area contributed by atoms with Crippen LogP contribution in [0.25, 0.3) is 16.4 Å². The van der Waals surface area contributed by atoms with Crippen molar-refractivity contribution in [2.75, 3.05) is 0 Å². The lowest BCUT2D eigenvalue weighted by atomic mass is 10.2. The van der Waals surface area contributed by atoms with Gasteiger partial charge in [-0.2, -0.15) is 5.10 Å². The van der Waals surface area contributed by atoms with Crippen LogP contribution in [0.4, 0.5) is 4.39 Å². The molecule has 0 aliphatic rings. The van der Waals surface area contributed by atoms with Crippen LogP contribution in [-0.4, -0.2) is 20.1 Å². The van der Waals surface area contributed by atoms with E-state index in [9.17, 15) is 14.0 Å². The molecule has 28 heavy (non-hydrogen) atoms. The van der Waals surface area contributed by atoms with Crippen LogP contribution in [0.5, 0.6) is 0 Å². The van der Waals surface area contributed by atoms with E-state index in [1.54, 1.807) is 19.1 Å².